The lowest BCUT2D eigenvalue weighted by atomic mass is 10.1. The first kappa shape index (κ1) is 12.6. The van der Waals surface area contributed by atoms with Gasteiger partial charge < -0.3 is 5.11 Å². The van der Waals surface area contributed by atoms with Crippen molar-refractivity contribution >= 4 is 12.2 Å². The molecule has 0 aliphatic carbocycles. The summed E-state index contributed by atoms with van der Waals surface area (Å²) in [6.45, 7) is 0.524. The second-order valence-electron chi connectivity index (χ2n) is 3.75. The number of halogens is 2. The number of aromatic nitrogens is 4. The molecule has 0 spiro atoms. The number of phenolic OH excluding ortho intramolecular Hbond substituents is 1. The van der Waals surface area contributed by atoms with Gasteiger partial charge in [-0.3, -0.25) is 0 Å². The number of phenols is 1. The Balaban J connectivity index is 1.99. The molecule has 0 saturated carbocycles. The van der Waals surface area contributed by atoms with Gasteiger partial charge in [0.05, 0.1) is 0 Å². The van der Waals surface area contributed by atoms with E-state index in [1.165, 1.54) is 0 Å². The van der Waals surface area contributed by atoms with Gasteiger partial charge in [-0.05, 0) is 42.8 Å². The number of aromatic hydroxyl groups is 1. The summed E-state index contributed by atoms with van der Waals surface area (Å²) >= 11 is 4.88. The van der Waals surface area contributed by atoms with Gasteiger partial charge in [-0.1, -0.05) is 10.3 Å². The van der Waals surface area contributed by atoms with E-state index in [2.05, 4.69) is 15.5 Å². The van der Waals surface area contributed by atoms with Gasteiger partial charge in [-0.25, -0.2) is 13.5 Å². The van der Waals surface area contributed by atoms with Crippen LogP contribution in [0.1, 0.15) is 12.0 Å². The highest BCUT2D eigenvalue weighted by Gasteiger charge is 2.09. The number of hydrogen-bond acceptors (Lipinski definition) is 4. The Morgan fingerprint density at radius 2 is 2.00 bits per heavy atom. The molecular weight excluding hydrogens is 262 g/mol. The molecule has 0 amide bonds. The normalized spacial score (nSPS) is 10.8. The summed E-state index contributed by atoms with van der Waals surface area (Å²) in [7, 11) is 0. The fourth-order valence-corrected chi connectivity index (χ4v) is 1.74. The summed E-state index contributed by atoms with van der Waals surface area (Å²) in [5, 5.41) is 18.7. The fraction of sp³-hybridized carbons (Fsp3) is 0.300. The average Bonchev–Trinajstić information content (AvgIpc) is 2.72. The van der Waals surface area contributed by atoms with Crippen LogP contribution in [0, 0.1) is 16.4 Å². The van der Waals surface area contributed by atoms with E-state index in [1.807, 2.05) is 0 Å². The van der Waals surface area contributed by atoms with Crippen molar-refractivity contribution in [1.29, 1.82) is 0 Å². The van der Waals surface area contributed by atoms with Crippen LogP contribution in [0.25, 0.3) is 0 Å². The van der Waals surface area contributed by atoms with Gasteiger partial charge >= 0.3 is 0 Å². The number of aryl methyl sites for hydroxylation is 2. The lowest BCUT2D eigenvalue weighted by molar-refractivity contribution is 0.395. The van der Waals surface area contributed by atoms with Crippen molar-refractivity contribution in [3.05, 3.63) is 34.1 Å². The number of nitrogens with zero attached hydrogens (tertiary/aromatic N) is 3. The van der Waals surface area contributed by atoms with Gasteiger partial charge in [0.15, 0.2) is 17.4 Å². The number of H-pyrrole nitrogens is 1. The Labute approximate surface area is 106 Å². The molecule has 18 heavy (non-hydrogen) atoms. The second kappa shape index (κ2) is 5.21. The summed E-state index contributed by atoms with van der Waals surface area (Å²) in [4.78, 5) is 0. The zero-order valence-corrected chi connectivity index (χ0v) is 10.0. The molecule has 1 aromatic heterocycles. The van der Waals surface area contributed by atoms with Gasteiger partial charge in [-0.15, -0.1) is 0 Å². The van der Waals surface area contributed by atoms with E-state index in [0.717, 1.165) is 12.1 Å². The fourth-order valence-electron chi connectivity index (χ4n) is 1.57. The van der Waals surface area contributed by atoms with Gasteiger partial charge in [-0.2, -0.15) is 5.21 Å². The Morgan fingerprint density at radius 1 is 1.33 bits per heavy atom. The van der Waals surface area contributed by atoms with Crippen LogP contribution >= 0.6 is 12.2 Å². The molecule has 96 valence electrons. The first-order valence-corrected chi connectivity index (χ1v) is 5.63. The third kappa shape index (κ3) is 2.70. The number of rotatable bonds is 4. The highest BCUT2D eigenvalue weighted by Crippen LogP contribution is 2.22. The van der Waals surface area contributed by atoms with E-state index in [-0.39, 0.29) is 0 Å². The smallest absolute Gasteiger partial charge is 0.238 e. The molecule has 2 aromatic rings. The van der Waals surface area contributed by atoms with E-state index >= 15 is 0 Å². The summed E-state index contributed by atoms with van der Waals surface area (Å²) in [5.74, 6) is -2.85. The molecule has 0 fully saturated rings. The molecular formula is C10H10F2N4OS. The molecule has 1 heterocycles. The van der Waals surface area contributed by atoms with Crippen molar-refractivity contribution < 1.29 is 13.9 Å². The standard InChI is InChI=1S/C10H10F2N4OS/c11-7-4-6(5-8(12)9(7)17)2-1-3-16-10(18)13-14-15-16/h4-5,17H,1-3H2,(H,13,15,18). The summed E-state index contributed by atoms with van der Waals surface area (Å²) in [5.41, 5.74) is 0.474. The largest absolute Gasteiger partial charge is 0.503 e. The van der Waals surface area contributed by atoms with E-state index in [1.54, 1.807) is 4.68 Å². The van der Waals surface area contributed by atoms with Crippen LogP contribution in [-0.2, 0) is 13.0 Å². The van der Waals surface area contributed by atoms with Crippen molar-refractivity contribution in [2.24, 2.45) is 0 Å². The van der Waals surface area contributed by atoms with Crippen LogP contribution < -0.4 is 0 Å². The monoisotopic (exact) mass is 272 g/mol. The minimum atomic E-state index is -0.954. The topological polar surface area (TPSA) is 66.7 Å². The lowest BCUT2D eigenvalue weighted by Crippen LogP contribution is -2.02. The molecule has 0 aliphatic rings. The quantitative estimate of drug-likeness (QED) is 0.835. The predicted octanol–water partition coefficient (Wildman–Crippen LogP) is 1.95. The molecule has 1 aromatic carbocycles. The minimum absolute atomic E-state index is 0.332. The van der Waals surface area contributed by atoms with Crippen molar-refractivity contribution in [3.8, 4) is 5.75 Å². The van der Waals surface area contributed by atoms with Crippen LogP contribution in [0.3, 0.4) is 0 Å². The summed E-state index contributed by atoms with van der Waals surface area (Å²) in [6.07, 6.45) is 1.07. The molecule has 0 radical (unpaired) electrons. The molecule has 2 N–H and O–H groups in total. The maximum atomic E-state index is 13.1. The number of tetrazole rings is 1. The highest BCUT2D eigenvalue weighted by molar-refractivity contribution is 7.71. The van der Waals surface area contributed by atoms with Crippen LogP contribution in [0.5, 0.6) is 5.75 Å². The van der Waals surface area contributed by atoms with Crippen molar-refractivity contribution in [2.45, 2.75) is 19.4 Å². The number of benzene rings is 1. The van der Waals surface area contributed by atoms with Crippen LogP contribution in [-0.4, -0.2) is 25.3 Å². The molecule has 0 unspecified atom stereocenters. The van der Waals surface area contributed by atoms with Gasteiger partial charge in [0.25, 0.3) is 0 Å². The minimum Gasteiger partial charge on any atom is -0.503 e. The van der Waals surface area contributed by atoms with Gasteiger partial charge in [0, 0.05) is 6.54 Å². The SMILES string of the molecule is Oc1c(F)cc(CCCn2[nH]nnc2=S)cc1F. The van der Waals surface area contributed by atoms with Gasteiger partial charge in [0.2, 0.25) is 4.77 Å². The second-order valence-corrected chi connectivity index (χ2v) is 4.11. The summed E-state index contributed by atoms with van der Waals surface area (Å²) < 4.78 is 28.0. The van der Waals surface area contributed by atoms with Crippen molar-refractivity contribution in [1.82, 2.24) is 20.2 Å². The van der Waals surface area contributed by atoms with Crippen molar-refractivity contribution in [2.75, 3.05) is 0 Å². The molecule has 0 saturated heterocycles. The molecule has 0 aliphatic heterocycles. The number of nitrogens with one attached hydrogen (secondary N) is 1. The van der Waals surface area contributed by atoms with Crippen molar-refractivity contribution in [3.63, 3.8) is 0 Å². The lowest BCUT2D eigenvalue weighted by Gasteiger charge is -2.04. The van der Waals surface area contributed by atoms with Crippen LogP contribution in [0.2, 0.25) is 0 Å². The van der Waals surface area contributed by atoms with E-state index in [4.69, 9.17) is 17.3 Å². The Morgan fingerprint density at radius 3 is 2.56 bits per heavy atom. The van der Waals surface area contributed by atoms with Gasteiger partial charge in [0.1, 0.15) is 0 Å². The zero-order valence-electron chi connectivity index (χ0n) is 9.23. The number of hydrogen-bond donors (Lipinski definition) is 2. The zero-order chi connectivity index (χ0) is 13.1. The van der Waals surface area contributed by atoms with E-state index < -0.39 is 17.4 Å². The Hall–Kier alpha value is -1.83. The number of aromatic amines is 1. The molecule has 8 heteroatoms. The predicted molar refractivity (Wildman–Crippen MR) is 61.6 cm³/mol. The average molecular weight is 272 g/mol. The van der Waals surface area contributed by atoms with E-state index in [0.29, 0.717) is 29.7 Å². The van der Waals surface area contributed by atoms with Crippen LogP contribution in [0.4, 0.5) is 8.78 Å². The highest BCUT2D eigenvalue weighted by atomic mass is 32.1. The summed E-state index contributed by atoms with van der Waals surface area (Å²) in [6, 6.07) is 2.23. The Kier molecular flexibility index (Phi) is 3.66. The third-order valence-electron chi connectivity index (χ3n) is 2.46. The molecule has 0 atom stereocenters. The molecule has 0 bridgehead atoms. The first-order chi connectivity index (χ1) is 8.58. The van der Waals surface area contributed by atoms with E-state index in [9.17, 15) is 8.78 Å². The first-order valence-electron chi connectivity index (χ1n) is 5.22. The van der Waals surface area contributed by atoms with Crippen LogP contribution in [0.15, 0.2) is 12.1 Å². The Bertz CT molecular complexity index is 587. The maximum absolute atomic E-state index is 13.1. The maximum Gasteiger partial charge on any atom is 0.238 e. The third-order valence-corrected chi connectivity index (χ3v) is 2.76. The molecule has 5 nitrogen and oxygen atoms in total. The molecule has 2 rings (SSSR count).